The first-order valence-electron chi connectivity index (χ1n) is 4.51. The number of esters is 1. The van der Waals surface area contributed by atoms with Crippen LogP contribution < -0.4 is 5.32 Å². The maximum absolute atomic E-state index is 11.0. The quantitative estimate of drug-likeness (QED) is 0.476. The molecule has 0 unspecified atom stereocenters. The molecular weight excluding hydrogens is 170 g/mol. The van der Waals surface area contributed by atoms with Crippen molar-refractivity contribution >= 4 is 5.97 Å². The van der Waals surface area contributed by atoms with Crippen LogP contribution >= 0.6 is 0 Å². The number of hydrogen-bond donors (Lipinski definition) is 2. The van der Waals surface area contributed by atoms with Crippen LogP contribution in [0.4, 0.5) is 0 Å². The summed E-state index contributed by atoms with van der Waals surface area (Å²) >= 11 is 0. The molecule has 1 aliphatic rings. The molecule has 0 saturated carbocycles. The lowest BCUT2D eigenvalue weighted by atomic mass is 10.1. The highest BCUT2D eigenvalue weighted by Gasteiger charge is 2.13. The second kappa shape index (κ2) is 4.87. The van der Waals surface area contributed by atoms with Gasteiger partial charge in [-0.1, -0.05) is 0 Å². The summed E-state index contributed by atoms with van der Waals surface area (Å²) in [5.41, 5.74) is 0.851. The van der Waals surface area contributed by atoms with E-state index < -0.39 is 0 Å². The van der Waals surface area contributed by atoms with Crippen LogP contribution in [0.5, 0.6) is 0 Å². The van der Waals surface area contributed by atoms with Gasteiger partial charge in [0.1, 0.15) is 0 Å². The second-order valence-corrected chi connectivity index (χ2v) is 3.00. The smallest absolute Gasteiger partial charge is 0.332 e. The van der Waals surface area contributed by atoms with Crippen molar-refractivity contribution in [3.63, 3.8) is 0 Å². The van der Waals surface area contributed by atoms with E-state index in [0.29, 0.717) is 26.0 Å². The minimum absolute atomic E-state index is 0.292. The molecule has 1 fully saturated rings. The summed E-state index contributed by atoms with van der Waals surface area (Å²) in [6, 6.07) is 0. The van der Waals surface area contributed by atoms with Crippen LogP contribution in [0.15, 0.2) is 11.8 Å². The number of ether oxygens (including phenoxy) is 1. The maximum Gasteiger partial charge on any atom is 0.332 e. The van der Waals surface area contributed by atoms with Crippen molar-refractivity contribution in [2.45, 2.75) is 25.9 Å². The Kier molecular flexibility index (Phi) is 3.76. The molecule has 2 N–H and O–H groups in total. The molecule has 0 amide bonds. The Morgan fingerprint density at radius 2 is 2.62 bits per heavy atom. The van der Waals surface area contributed by atoms with E-state index in [0.717, 1.165) is 5.70 Å². The van der Waals surface area contributed by atoms with Crippen molar-refractivity contribution in [3.05, 3.63) is 11.8 Å². The van der Waals surface area contributed by atoms with Gasteiger partial charge in [0.25, 0.3) is 0 Å². The van der Waals surface area contributed by atoms with E-state index in [4.69, 9.17) is 9.84 Å². The number of aliphatic hydroxyl groups is 1. The molecular formula is C9H15NO3. The first-order valence-corrected chi connectivity index (χ1v) is 4.51. The van der Waals surface area contributed by atoms with Gasteiger partial charge in [0, 0.05) is 18.3 Å². The highest BCUT2D eigenvalue weighted by molar-refractivity contribution is 5.82. The topological polar surface area (TPSA) is 58.6 Å². The Morgan fingerprint density at radius 3 is 3.15 bits per heavy atom. The molecule has 0 bridgehead atoms. The SMILES string of the molecule is CCOC(=O)/C=C1/CC[C@H](O)CN1. The van der Waals surface area contributed by atoms with Crippen LogP contribution in [0.25, 0.3) is 0 Å². The Labute approximate surface area is 77.6 Å². The van der Waals surface area contributed by atoms with Gasteiger partial charge in [-0.3, -0.25) is 0 Å². The standard InChI is InChI=1S/C9H15NO3/c1-2-13-9(12)5-7-3-4-8(11)6-10-7/h5,8,10-11H,2-4,6H2,1H3/b7-5-/t8-/m0/s1. The highest BCUT2D eigenvalue weighted by Crippen LogP contribution is 2.10. The maximum atomic E-state index is 11.0. The third-order valence-corrected chi connectivity index (χ3v) is 1.89. The summed E-state index contributed by atoms with van der Waals surface area (Å²) in [6.45, 7) is 2.69. The van der Waals surface area contributed by atoms with E-state index in [-0.39, 0.29) is 12.1 Å². The molecule has 0 aromatic heterocycles. The van der Waals surface area contributed by atoms with Crippen molar-refractivity contribution in [2.24, 2.45) is 0 Å². The molecule has 1 atom stereocenters. The summed E-state index contributed by atoms with van der Waals surface area (Å²) < 4.78 is 4.75. The van der Waals surface area contributed by atoms with Gasteiger partial charge < -0.3 is 15.2 Å². The molecule has 0 aromatic rings. The molecule has 13 heavy (non-hydrogen) atoms. The van der Waals surface area contributed by atoms with Gasteiger partial charge in [0.15, 0.2) is 0 Å². The van der Waals surface area contributed by atoms with Gasteiger partial charge >= 0.3 is 5.97 Å². The van der Waals surface area contributed by atoms with E-state index in [1.165, 1.54) is 6.08 Å². The third-order valence-electron chi connectivity index (χ3n) is 1.89. The van der Waals surface area contributed by atoms with E-state index in [2.05, 4.69) is 5.32 Å². The van der Waals surface area contributed by atoms with Gasteiger partial charge in [-0.05, 0) is 19.8 Å². The summed E-state index contributed by atoms with van der Waals surface area (Å²) in [5, 5.41) is 12.1. The number of β-amino-alcohol motifs (C(OH)–C–C–N with tert-alkyl or cyclic N) is 1. The third kappa shape index (κ3) is 3.46. The van der Waals surface area contributed by atoms with Crippen molar-refractivity contribution < 1.29 is 14.6 Å². The molecule has 74 valence electrons. The lowest BCUT2D eigenvalue weighted by Gasteiger charge is -2.21. The van der Waals surface area contributed by atoms with E-state index in [9.17, 15) is 4.79 Å². The fourth-order valence-corrected chi connectivity index (χ4v) is 1.21. The van der Waals surface area contributed by atoms with Crippen LogP contribution in [-0.4, -0.2) is 30.3 Å². The van der Waals surface area contributed by atoms with Crippen molar-refractivity contribution in [2.75, 3.05) is 13.2 Å². The minimum Gasteiger partial charge on any atom is -0.463 e. The van der Waals surface area contributed by atoms with Crippen LogP contribution in [0.2, 0.25) is 0 Å². The zero-order valence-electron chi connectivity index (χ0n) is 7.75. The Hall–Kier alpha value is -1.03. The van der Waals surface area contributed by atoms with E-state index >= 15 is 0 Å². The number of carbonyl (C=O) groups excluding carboxylic acids is 1. The second-order valence-electron chi connectivity index (χ2n) is 3.00. The van der Waals surface area contributed by atoms with E-state index in [1.54, 1.807) is 6.92 Å². The average Bonchev–Trinajstić information content (AvgIpc) is 2.09. The predicted molar refractivity (Wildman–Crippen MR) is 48.0 cm³/mol. The lowest BCUT2D eigenvalue weighted by Crippen LogP contribution is -2.32. The molecule has 1 heterocycles. The molecule has 0 spiro atoms. The normalized spacial score (nSPS) is 25.4. The summed E-state index contributed by atoms with van der Waals surface area (Å²) in [5.74, 6) is -0.318. The van der Waals surface area contributed by atoms with Gasteiger partial charge in [-0.25, -0.2) is 4.79 Å². The Morgan fingerprint density at radius 1 is 1.85 bits per heavy atom. The monoisotopic (exact) mass is 185 g/mol. The molecule has 0 radical (unpaired) electrons. The Bertz CT molecular complexity index is 203. The molecule has 0 aromatic carbocycles. The summed E-state index contributed by atoms with van der Waals surface area (Å²) in [7, 11) is 0. The number of piperidine rings is 1. The molecule has 0 aliphatic carbocycles. The Balaban J connectivity index is 2.38. The van der Waals surface area contributed by atoms with Gasteiger partial charge in [-0.2, -0.15) is 0 Å². The molecule has 4 heteroatoms. The van der Waals surface area contributed by atoms with Crippen molar-refractivity contribution in [3.8, 4) is 0 Å². The van der Waals surface area contributed by atoms with Gasteiger partial charge in [0.05, 0.1) is 12.7 Å². The molecule has 4 nitrogen and oxygen atoms in total. The lowest BCUT2D eigenvalue weighted by molar-refractivity contribution is -0.137. The number of nitrogens with one attached hydrogen (secondary N) is 1. The highest BCUT2D eigenvalue weighted by atomic mass is 16.5. The number of allylic oxidation sites excluding steroid dienone is 1. The van der Waals surface area contributed by atoms with Crippen LogP contribution in [0.3, 0.4) is 0 Å². The first-order chi connectivity index (χ1) is 6.22. The molecule has 1 rings (SSSR count). The molecule has 1 saturated heterocycles. The zero-order valence-corrected chi connectivity index (χ0v) is 7.75. The average molecular weight is 185 g/mol. The van der Waals surface area contributed by atoms with Crippen LogP contribution in [0, 0.1) is 0 Å². The van der Waals surface area contributed by atoms with Crippen molar-refractivity contribution in [1.82, 2.24) is 5.32 Å². The summed E-state index contributed by atoms with van der Waals surface area (Å²) in [4.78, 5) is 11.0. The van der Waals surface area contributed by atoms with Gasteiger partial charge in [0.2, 0.25) is 0 Å². The summed E-state index contributed by atoms with van der Waals surface area (Å²) in [6.07, 6.45) is 2.58. The predicted octanol–water partition coefficient (Wildman–Crippen LogP) is 0.178. The number of rotatable bonds is 2. The van der Waals surface area contributed by atoms with Crippen LogP contribution in [0.1, 0.15) is 19.8 Å². The van der Waals surface area contributed by atoms with Crippen LogP contribution in [-0.2, 0) is 9.53 Å². The largest absolute Gasteiger partial charge is 0.463 e. The fraction of sp³-hybridized carbons (Fsp3) is 0.667. The number of hydrogen-bond acceptors (Lipinski definition) is 4. The fourth-order valence-electron chi connectivity index (χ4n) is 1.21. The first kappa shape index (κ1) is 10.1. The van der Waals surface area contributed by atoms with Crippen molar-refractivity contribution in [1.29, 1.82) is 0 Å². The van der Waals surface area contributed by atoms with Gasteiger partial charge in [-0.15, -0.1) is 0 Å². The molecule has 1 aliphatic heterocycles. The van der Waals surface area contributed by atoms with E-state index in [1.807, 2.05) is 0 Å². The zero-order chi connectivity index (χ0) is 9.68. The minimum atomic E-state index is -0.318. The number of aliphatic hydroxyl groups excluding tert-OH is 1. The number of carbonyl (C=O) groups is 1.